The molecule has 0 aliphatic carbocycles. The summed E-state index contributed by atoms with van der Waals surface area (Å²) in [4.78, 5) is 10.8. The first kappa shape index (κ1) is 11.2. The minimum Gasteiger partial charge on any atom is -0.297 e. The molecule has 4 nitrogen and oxygen atoms in total. The fourth-order valence-corrected chi connectivity index (χ4v) is 1.43. The van der Waals surface area contributed by atoms with Crippen LogP contribution in [0.4, 0.5) is 0 Å². The van der Waals surface area contributed by atoms with Gasteiger partial charge in [-0.05, 0) is 5.56 Å². The molecule has 5 heteroatoms. The highest BCUT2D eigenvalue weighted by molar-refractivity contribution is 7.96. The largest absolute Gasteiger partial charge is 0.297 e. The van der Waals surface area contributed by atoms with Gasteiger partial charge in [0.25, 0.3) is 0 Å². The van der Waals surface area contributed by atoms with Crippen LogP contribution < -0.4 is 17.2 Å². The second-order valence-electron chi connectivity index (χ2n) is 3.16. The Hall–Kier alpha value is -0.880. The Labute approximate surface area is 87.9 Å². The molecule has 0 bridgehead atoms. The smallest absolute Gasteiger partial charge is 0.190 e. The normalized spacial score (nSPS) is 11.4. The summed E-state index contributed by atoms with van der Waals surface area (Å²) in [6.45, 7) is 0. The topological polar surface area (TPSA) is 95.1 Å². The van der Waals surface area contributed by atoms with Crippen LogP contribution in [0.25, 0.3) is 0 Å². The maximum absolute atomic E-state index is 10.8. The lowest BCUT2D eigenvalue weighted by Crippen LogP contribution is -2.55. The molecule has 1 aromatic carbocycles. The standard InChI is InChI=1S/C9H13N3OS/c10-9(11,12)7-4-2-1-3-6(7)5-8(13)14/h1-4H,5,10-12H2,(H,13,14). The molecule has 76 valence electrons. The van der Waals surface area contributed by atoms with Crippen LogP contribution in [0, 0.1) is 0 Å². The Bertz CT molecular complexity index is 346. The Kier molecular flexibility index (Phi) is 3.28. The van der Waals surface area contributed by atoms with Crippen molar-refractivity contribution in [3.05, 3.63) is 35.4 Å². The van der Waals surface area contributed by atoms with Crippen molar-refractivity contribution in [3.8, 4) is 0 Å². The molecular weight excluding hydrogens is 198 g/mol. The molecule has 0 heterocycles. The average Bonchev–Trinajstić information content (AvgIpc) is 2.01. The number of carbonyl (C=O) groups excluding carboxylic acids is 1. The van der Waals surface area contributed by atoms with E-state index in [0.29, 0.717) is 11.1 Å². The fraction of sp³-hybridized carbons (Fsp3) is 0.222. The minimum atomic E-state index is -1.42. The summed E-state index contributed by atoms with van der Waals surface area (Å²) in [7, 11) is 0. The van der Waals surface area contributed by atoms with Gasteiger partial charge in [0.2, 0.25) is 0 Å². The van der Waals surface area contributed by atoms with Crippen LogP contribution in [-0.4, -0.2) is 5.12 Å². The molecule has 0 amide bonds. The number of carbonyl (C=O) groups is 1. The summed E-state index contributed by atoms with van der Waals surface area (Å²) in [6.07, 6.45) is 0.173. The Morgan fingerprint density at radius 3 is 2.36 bits per heavy atom. The molecule has 14 heavy (non-hydrogen) atoms. The second-order valence-corrected chi connectivity index (χ2v) is 3.66. The molecule has 1 aromatic rings. The van der Waals surface area contributed by atoms with Crippen LogP contribution in [-0.2, 0) is 17.0 Å². The van der Waals surface area contributed by atoms with Crippen LogP contribution in [0.3, 0.4) is 0 Å². The van der Waals surface area contributed by atoms with Gasteiger partial charge >= 0.3 is 0 Å². The lowest BCUT2D eigenvalue weighted by molar-refractivity contribution is -0.110. The fourth-order valence-electron chi connectivity index (χ4n) is 1.26. The zero-order chi connectivity index (χ0) is 10.8. The van der Waals surface area contributed by atoms with E-state index in [1.165, 1.54) is 0 Å². The summed E-state index contributed by atoms with van der Waals surface area (Å²) < 4.78 is 0. The first-order valence-electron chi connectivity index (χ1n) is 4.08. The molecule has 0 unspecified atom stereocenters. The number of thiol groups is 1. The Morgan fingerprint density at radius 2 is 1.86 bits per heavy atom. The van der Waals surface area contributed by atoms with Gasteiger partial charge < -0.3 is 0 Å². The van der Waals surface area contributed by atoms with Crippen molar-refractivity contribution in [1.82, 2.24) is 0 Å². The highest BCUT2D eigenvalue weighted by Crippen LogP contribution is 2.15. The molecule has 0 atom stereocenters. The molecule has 0 spiro atoms. The first-order valence-corrected chi connectivity index (χ1v) is 4.53. The van der Waals surface area contributed by atoms with Gasteiger partial charge in [-0.15, -0.1) is 12.6 Å². The second kappa shape index (κ2) is 4.10. The lowest BCUT2D eigenvalue weighted by Gasteiger charge is -2.21. The van der Waals surface area contributed by atoms with Gasteiger partial charge in [-0.25, -0.2) is 0 Å². The van der Waals surface area contributed by atoms with Crippen molar-refractivity contribution in [2.75, 3.05) is 0 Å². The molecule has 0 aromatic heterocycles. The maximum atomic E-state index is 10.8. The number of nitrogens with two attached hydrogens (primary N) is 3. The molecule has 0 aliphatic heterocycles. The quantitative estimate of drug-likeness (QED) is 0.407. The van der Waals surface area contributed by atoms with Gasteiger partial charge in [0.15, 0.2) is 5.12 Å². The van der Waals surface area contributed by atoms with Gasteiger partial charge in [0, 0.05) is 12.0 Å². The van der Waals surface area contributed by atoms with E-state index in [4.69, 9.17) is 17.2 Å². The van der Waals surface area contributed by atoms with Crippen molar-refractivity contribution in [1.29, 1.82) is 0 Å². The molecule has 0 radical (unpaired) electrons. The summed E-state index contributed by atoms with van der Waals surface area (Å²) in [6, 6.07) is 7.02. The zero-order valence-electron chi connectivity index (χ0n) is 7.60. The highest BCUT2D eigenvalue weighted by atomic mass is 32.1. The van der Waals surface area contributed by atoms with Crippen LogP contribution in [0.15, 0.2) is 24.3 Å². The highest BCUT2D eigenvalue weighted by Gasteiger charge is 2.19. The van der Waals surface area contributed by atoms with E-state index in [-0.39, 0.29) is 11.5 Å². The predicted octanol–water partition coefficient (Wildman–Crippen LogP) is -0.328. The molecule has 0 aliphatic rings. The average molecular weight is 211 g/mol. The van der Waals surface area contributed by atoms with E-state index in [1.807, 2.05) is 0 Å². The Morgan fingerprint density at radius 1 is 1.29 bits per heavy atom. The molecular formula is C9H13N3OS. The molecule has 1 rings (SSSR count). The van der Waals surface area contributed by atoms with Crippen LogP contribution in [0.2, 0.25) is 0 Å². The lowest BCUT2D eigenvalue weighted by atomic mass is 10.0. The van der Waals surface area contributed by atoms with E-state index in [1.54, 1.807) is 24.3 Å². The van der Waals surface area contributed by atoms with E-state index in [9.17, 15) is 4.79 Å². The SMILES string of the molecule is NC(N)(N)c1ccccc1CC(=O)S. The molecule has 0 saturated carbocycles. The van der Waals surface area contributed by atoms with Crippen molar-refractivity contribution in [2.45, 2.75) is 12.2 Å². The summed E-state index contributed by atoms with van der Waals surface area (Å²) in [5, 5.41) is -0.248. The predicted molar refractivity (Wildman–Crippen MR) is 58.4 cm³/mol. The van der Waals surface area contributed by atoms with Crippen molar-refractivity contribution in [2.24, 2.45) is 17.2 Å². The van der Waals surface area contributed by atoms with Crippen LogP contribution in [0.1, 0.15) is 11.1 Å². The van der Waals surface area contributed by atoms with Crippen LogP contribution in [0.5, 0.6) is 0 Å². The summed E-state index contributed by atoms with van der Waals surface area (Å²) in [5.41, 5.74) is 17.9. The van der Waals surface area contributed by atoms with E-state index >= 15 is 0 Å². The van der Waals surface area contributed by atoms with Crippen molar-refractivity contribution >= 4 is 17.7 Å². The number of benzene rings is 1. The number of hydrogen-bond donors (Lipinski definition) is 4. The number of hydrogen-bond acceptors (Lipinski definition) is 4. The molecule has 0 fully saturated rings. The summed E-state index contributed by atoms with van der Waals surface area (Å²) in [5.74, 6) is -1.42. The van der Waals surface area contributed by atoms with Gasteiger partial charge in [-0.2, -0.15) is 0 Å². The zero-order valence-corrected chi connectivity index (χ0v) is 8.50. The number of rotatable bonds is 3. The first-order chi connectivity index (χ1) is 6.41. The van der Waals surface area contributed by atoms with E-state index in [2.05, 4.69) is 12.6 Å². The van der Waals surface area contributed by atoms with Gasteiger partial charge in [-0.1, -0.05) is 24.3 Å². The minimum absolute atomic E-state index is 0.173. The third-order valence-corrected chi connectivity index (χ3v) is 1.98. The Balaban J connectivity index is 3.10. The third-order valence-electron chi connectivity index (χ3n) is 1.83. The monoisotopic (exact) mass is 211 g/mol. The summed E-state index contributed by atoms with van der Waals surface area (Å²) >= 11 is 3.69. The van der Waals surface area contributed by atoms with E-state index in [0.717, 1.165) is 0 Å². The van der Waals surface area contributed by atoms with Crippen LogP contribution >= 0.6 is 12.6 Å². The van der Waals surface area contributed by atoms with E-state index < -0.39 is 5.79 Å². The van der Waals surface area contributed by atoms with Gasteiger partial charge in [0.05, 0.1) is 0 Å². The third kappa shape index (κ3) is 2.81. The van der Waals surface area contributed by atoms with Gasteiger partial charge in [0.1, 0.15) is 5.79 Å². The maximum Gasteiger partial charge on any atom is 0.190 e. The van der Waals surface area contributed by atoms with Crippen molar-refractivity contribution < 1.29 is 4.79 Å². The molecule has 0 saturated heterocycles. The molecule has 6 N–H and O–H groups in total. The van der Waals surface area contributed by atoms with Gasteiger partial charge in [-0.3, -0.25) is 22.0 Å². The van der Waals surface area contributed by atoms with Crippen molar-refractivity contribution in [3.63, 3.8) is 0 Å².